The second-order valence-corrected chi connectivity index (χ2v) is 6.67. The topological polar surface area (TPSA) is 43.1 Å². The zero-order valence-electron chi connectivity index (χ0n) is 13.8. The molecular formula is C21H17NO2S. The molecule has 0 N–H and O–H groups in total. The van der Waals surface area contributed by atoms with Crippen molar-refractivity contribution in [1.82, 2.24) is 0 Å². The van der Waals surface area contributed by atoms with E-state index in [-0.39, 0.29) is 10.6 Å². The summed E-state index contributed by atoms with van der Waals surface area (Å²) in [5.41, 5.74) is 2.72. The summed E-state index contributed by atoms with van der Waals surface area (Å²) in [7, 11) is 0. The normalized spacial score (nSPS) is 11.7. The molecule has 3 aromatic carbocycles. The van der Waals surface area contributed by atoms with E-state index in [4.69, 9.17) is 0 Å². The van der Waals surface area contributed by atoms with Gasteiger partial charge in [0.2, 0.25) is 0 Å². The smallest absolute Gasteiger partial charge is 0.258 e. The molecule has 0 heterocycles. The third-order valence-electron chi connectivity index (χ3n) is 3.72. The summed E-state index contributed by atoms with van der Waals surface area (Å²) < 4.78 is 0. The standard InChI is InChI=1S/C21H17NO2S/c1-16-12-14-19(15-13-16)25-21(18-10-6-3-7-11-18)20(22(23)24)17-8-4-2-5-9-17/h2-15H,1H3/b21-20-. The molecule has 0 atom stereocenters. The van der Waals surface area contributed by atoms with E-state index in [0.29, 0.717) is 10.5 Å². The number of nitro groups is 1. The minimum atomic E-state index is -0.293. The maximum Gasteiger partial charge on any atom is 0.290 e. The highest BCUT2D eigenvalue weighted by Crippen LogP contribution is 2.40. The van der Waals surface area contributed by atoms with Crippen molar-refractivity contribution in [2.24, 2.45) is 0 Å². The molecule has 0 fully saturated rings. The van der Waals surface area contributed by atoms with Crippen LogP contribution in [0, 0.1) is 17.0 Å². The Morgan fingerprint density at radius 2 is 1.32 bits per heavy atom. The number of hydrogen-bond donors (Lipinski definition) is 0. The van der Waals surface area contributed by atoms with Gasteiger partial charge < -0.3 is 0 Å². The Labute approximate surface area is 151 Å². The van der Waals surface area contributed by atoms with E-state index in [1.807, 2.05) is 79.7 Å². The van der Waals surface area contributed by atoms with Gasteiger partial charge in [-0.25, -0.2) is 0 Å². The van der Waals surface area contributed by atoms with Crippen molar-refractivity contribution in [1.29, 1.82) is 0 Å². The van der Waals surface area contributed by atoms with Gasteiger partial charge in [-0.15, -0.1) is 0 Å². The maximum absolute atomic E-state index is 11.9. The predicted octanol–water partition coefficient (Wildman–Crippen LogP) is 5.89. The van der Waals surface area contributed by atoms with Crippen LogP contribution < -0.4 is 0 Å². The third kappa shape index (κ3) is 4.17. The molecule has 124 valence electrons. The number of nitrogens with zero attached hydrogens (tertiary/aromatic N) is 1. The number of benzene rings is 3. The van der Waals surface area contributed by atoms with Gasteiger partial charge in [-0.3, -0.25) is 10.1 Å². The summed E-state index contributed by atoms with van der Waals surface area (Å²) in [5.74, 6) is 0. The van der Waals surface area contributed by atoms with Gasteiger partial charge in [-0.2, -0.15) is 0 Å². The second-order valence-electron chi connectivity index (χ2n) is 5.58. The summed E-state index contributed by atoms with van der Waals surface area (Å²) in [6.45, 7) is 2.02. The van der Waals surface area contributed by atoms with Crippen molar-refractivity contribution in [3.05, 3.63) is 112 Å². The highest BCUT2D eigenvalue weighted by Gasteiger charge is 2.23. The van der Waals surface area contributed by atoms with Crippen LogP contribution in [0.2, 0.25) is 0 Å². The number of aryl methyl sites for hydroxylation is 1. The van der Waals surface area contributed by atoms with Gasteiger partial charge in [-0.1, -0.05) is 78.0 Å². The van der Waals surface area contributed by atoms with Crippen molar-refractivity contribution in [2.45, 2.75) is 11.8 Å². The quantitative estimate of drug-likeness (QED) is 0.250. The van der Waals surface area contributed by atoms with Gasteiger partial charge in [0.05, 0.1) is 15.4 Å². The van der Waals surface area contributed by atoms with Gasteiger partial charge in [0.25, 0.3) is 5.70 Å². The Balaban J connectivity index is 2.17. The molecule has 0 saturated heterocycles. The zero-order chi connectivity index (χ0) is 17.6. The van der Waals surface area contributed by atoms with Crippen LogP contribution in [0.1, 0.15) is 16.7 Å². The number of hydrogen-bond acceptors (Lipinski definition) is 3. The Morgan fingerprint density at radius 3 is 1.84 bits per heavy atom. The molecule has 0 aromatic heterocycles. The van der Waals surface area contributed by atoms with E-state index in [2.05, 4.69) is 0 Å². The van der Waals surface area contributed by atoms with Crippen LogP contribution in [-0.4, -0.2) is 4.92 Å². The molecule has 0 saturated carbocycles. The van der Waals surface area contributed by atoms with Crippen molar-refractivity contribution >= 4 is 22.4 Å². The van der Waals surface area contributed by atoms with Gasteiger partial charge in [0.1, 0.15) is 0 Å². The molecule has 3 aromatic rings. The molecule has 3 nitrogen and oxygen atoms in total. The molecule has 0 aliphatic rings. The molecule has 0 amide bonds. The lowest BCUT2D eigenvalue weighted by atomic mass is 10.1. The molecule has 0 spiro atoms. The van der Waals surface area contributed by atoms with Crippen LogP contribution in [0.15, 0.2) is 89.8 Å². The van der Waals surface area contributed by atoms with Crippen molar-refractivity contribution in [3.8, 4) is 0 Å². The van der Waals surface area contributed by atoms with Gasteiger partial charge in [0, 0.05) is 4.90 Å². The first kappa shape index (κ1) is 17.0. The summed E-state index contributed by atoms with van der Waals surface area (Å²) in [6.07, 6.45) is 0. The lowest BCUT2D eigenvalue weighted by molar-refractivity contribution is -0.374. The van der Waals surface area contributed by atoms with E-state index in [9.17, 15) is 10.1 Å². The summed E-state index contributed by atoms with van der Waals surface area (Å²) in [5, 5.41) is 11.9. The molecule has 0 bridgehead atoms. The first-order chi connectivity index (χ1) is 12.1. The van der Waals surface area contributed by atoms with Gasteiger partial charge in [0.15, 0.2) is 0 Å². The SMILES string of the molecule is Cc1ccc(S/C(=C(/c2ccccc2)[N+](=O)[O-])c2ccccc2)cc1. The minimum absolute atomic E-state index is 0.123. The highest BCUT2D eigenvalue weighted by atomic mass is 32.2. The molecule has 25 heavy (non-hydrogen) atoms. The number of rotatable bonds is 5. The van der Waals surface area contributed by atoms with Gasteiger partial charge in [-0.05, 0) is 36.8 Å². The molecular weight excluding hydrogens is 330 g/mol. The van der Waals surface area contributed by atoms with Crippen LogP contribution >= 0.6 is 11.8 Å². The van der Waals surface area contributed by atoms with Crippen LogP contribution in [0.4, 0.5) is 0 Å². The van der Waals surface area contributed by atoms with Crippen LogP contribution in [0.25, 0.3) is 10.6 Å². The number of thioether (sulfide) groups is 1. The van der Waals surface area contributed by atoms with E-state index in [1.54, 1.807) is 12.1 Å². The largest absolute Gasteiger partial charge is 0.290 e. The van der Waals surface area contributed by atoms with Crippen molar-refractivity contribution in [3.63, 3.8) is 0 Å². The summed E-state index contributed by atoms with van der Waals surface area (Å²) >= 11 is 1.42. The Hall–Kier alpha value is -2.85. The van der Waals surface area contributed by atoms with Crippen LogP contribution in [0.3, 0.4) is 0 Å². The summed E-state index contributed by atoms with van der Waals surface area (Å²) in [6, 6.07) is 26.6. The second kappa shape index (κ2) is 7.81. The first-order valence-corrected chi connectivity index (χ1v) is 8.71. The van der Waals surface area contributed by atoms with E-state index in [0.717, 1.165) is 16.0 Å². The molecule has 3 rings (SSSR count). The lowest BCUT2D eigenvalue weighted by Gasteiger charge is -2.10. The average molecular weight is 347 g/mol. The predicted molar refractivity (Wildman–Crippen MR) is 104 cm³/mol. The third-order valence-corrected chi connectivity index (χ3v) is 4.86. The fourth-order valence-corrected chi connectivity index (χ4v) is 3.52. The fraction of sp³-hybridized carbons (Fsp3) is 0.0476. The molecule has 4 heteroatoms. The van der Waals surface area contributed by atoms with E-state index in [1.165, 1.54) is 11.8 Å². The maximum atomic E-state index is 11.9. The Morgan fingerprint density at radius 1 is 0.800 bits per heavy atom. The first-order valence-electron chi connectivity index (χ1n) is 7.89. The molecule has 0 unspecified atom stereocenters. The summed E-state index contributed by atoms with van der Waals surface area (Å²) in [4.78, 5) is 13.2. The van der Waals surface area contributed by atoms with Crippen molar-refractivity contribution in [2.75, 3.05) is 0 Å². The average Bonchev–Trinajstić information content (AvgIpc) is 2.64. The monoisotopic (exact) mass is 347 g/mol. The van der Waals surface area contributed by atoms with Gasteiger partial charge >= 0.3 is 0 Å². The van der Waals surface area contributed by atoms with E-state index < -0.39 is 0 Å². The highest BCUT2D eigenvalue weighted by molar-refractivity contribution is 8.08. The Bertz CT molecular complexity index is 888. The minimum Gasteiger partial charge on any atom is -0.258 e. The zero-order valence-corrected chi connectivity index (χ0v) is 14.6. The fourth-order valence-electron chi connectivity index (χ4n) is 2.47. The van der Waals surface area contributed by atoms with Crippen LogP contribution in [-0.2, 0) is 0 Å². The van der Waals surface area contributed by atoms with E-state index >= 15 is 0 Å². The molecule has 0 aliphatic carbocycles. The Kier molecular flexibility index (Phi) is 5.31. The lowest BCUT2D eigenvalue weighted by Crippen LogP contribution is -2.01. The molecule has 0 radical (unpaired) electrons. The van der Waals surface area contributed by atoms with Crippen LogP contribution in [0.5, 0.6) is 0 Å². The molecule has 0 aliphatic heterocycles. The van der Waals surface area contributed by atoms with Crippen molar-refractivity contribution < 1.29 is 4.92 Å².